The summed E-state index contributed by atoms with van der Waals surface area (Å²) in [6.45, 7) is 2.13. The molecule has 4 aromatic carbocycles. The Balaban J connectivity index is 1.54. The second-order valence-corrected chi connectivity index (χ2v) is 9.03. The number of hydrogen-bond donors (Lipinski definition) is 0. The molecule has 35 heavy (non-hydrogen) atoms. The molecule has 0 N–H and O–H groups in total. The number of benzene rings is 4. The average molecular weight is 472 g/mol. The van der Waals surface area contributed by atoms with Crippen LogP contribution in [0.15, 0.2) is 66.7 Å². The summed E-state index contributed by atoms with van der Waals surface area (Å²) >= 11 is 0. The highest BCUT2D eigenvalue weighted by molar-refractivity contribution is 5.88. The number of fused-ring (bicyclic) bond motifs is 1. The van der Waals surface area contributed by atoms with Gasteiger partial charge in [-0.05, 0) is 83.7 Å². The van der Waals surface area contributed by atoms with Gasteiger partial charge in [0.2, 0.25) is 0 Å². The third-order valence-corrected chi connectivity index (χ3v) is 6.51. The number of rotatable bonds is 9. The molecular formula is C31H28F3N. The van der Waals surface area contributed by atoms with Crippen molar-refractivity contribution in [1.29, 1.82) is 5.26 Å². The average Bonchev–Trinajstić information content (AvgIpc) is 2.86. The quantitative estimate of drug-likeness (QED) is 0.224. The minimum atomic E-state index is -0.589. The monoisotopic (exact) mass is 471 g/mol. The van der Waals surface area contributed by atoms with Crippen molar-refractivity contribution in [2.45, 2.75) is 51.9 Å². The van der Waals surface area contributed by atoms with Crippen LogP contribution in [0, 0.1) is 28.8 Å². The maximum atomic E-state index is 15.2. The smallest absolute Gasteiger partial charge is 0.134 e. The highest BCUT2D eigenvalue weighted by Gasteiger charge is 2.15. The van der Waals surface area contributed by atoms with Gasteiger partial charge in [-0.3, -0.25) is 0 Å². The highest BCUT2D eigenvalue weighted by atomic mass is 19.1. The van der Waals surface area contributed by atoms with Gasteiger partial charge in [-0.1, -0.05) is 62.6 Å². The molecule has 0 heterocycles. The van der Waals surface area contributed by atoms with Crippen LogP contribution >= 0.6 is 0 Å². The van der Waals surface area contributed by atoms with Gasteiger partial charge < -0.3 is 0 Å². The predicted octanol–water partition coefficient (Wildman–Crippen LogP) is 8.70. The summed E-state index contributed by atoms with van der Waals surface area (Å²) in [5.74, 6) is -1.49. The molecule has 0 atom stereocenters. The normalized spacial score (nSPS) is 11.1. The standard InChI is InChI=1S/C31H28F3N/c1-2-3-4-5-6-23-17-28(32)30(29(33)18-23)26-15-16-27-25(19-26)14-13-24(31(27)34)12-11-21-7-9-22(20-35)10-8-21/h7-10,13-19H,2-6,11-12H2,1H3. The first-order chi connectivity index (χ1) is 17.0. The van der Waals surface area contributed by atoms with Crippen molar-refractivity contribution in [2.24, 2.45) is 0 Å². The Morgan fingerprint density at radius 2 is 1.46 bits per heavy atom. The summed E-state index contributed by atoms with van der Waals surface area (Å²) in [4.78, 5) is 0. The van der Waals surface area contributed by atoms with E-state index in [9.17, 15) is 8.78 Å². The van der Waals surface area contributed by atoms with Gasteiger partial charge in [-0.25, -0.2) is 13.2 Å². The van der Waals surface area contributed by atoms with Crippen molar-refractivity contribution in [3.8, 4) is 17.2 Å². The first-order valence-corrected chi connectivity index (χ1v) is 12.2. The van der Waals surface area contributed by atoms with Gasteiger partial charge in [-0.2, -0.15) is 5.26 Å². The Bertz CT molecular complexity index is 1340. The Morgan fingerprint density at radius 1 is 0.714 bits per heavy atom. The largest absolute Gasteiger partial charge is 0.206 e. The van der Waals surface area contributed by atoms with Crippen LogP contribution in [0.4, 0.5) is 13.2 Å². The molecule has 0 aromatic heterocycles. The van der Waals surface area contributed by atoms with E-state index in [4.69, 9.17) is 5.26 Å². The molecule has 0 bridgehead atoms. The van der Waals surface area contributed by atoms with Crippen LogP contribution in [-0.4, -0.2) is 0 Å². The zero-order valence-corrected chi connectivity index (χ0v) is 19.9. The predicted molar refractivity (Wildman–Crippen MR) is 136 cm³/mol. The van der Waals surface area contributed by atoms with Gasteiger partial charge in [0.15, 0.2) is 0 Å². The van der Waals surface area contributed by atoms with Crippen LogP contribution in [0.2, 0.25) is 0 Å². The van der Waals surface area contributed by atoms with Crippen molar-refractivity contribution < 1.29 is 13.2 Å². The molecule has 0 spiro atoms. The molecule has 0 fully saturated rings. The van der Waals surface area contributed by atoms with Gasteiger partial charge in [-0.15, -0.1) is 0 Å². The third kappa shape index (κ3) is 5.74. The summed E-state index contributed by atoms with van der Waals surface area (Å²) in [6, 6.07) is 20.5. The topological polar surface area (TPSA) is 23.8 Å². The van der Waals surface area contributed by atoms with E-state index in [0.717, 1.165) is 31.2 Å². The Hall–Kier alpha value is -3.58. The number of nitrogens with zero attached hydrogens (tertiary/aromatic N) is 1. The number of nitriles is 1. The van der Waals surface area contributed by atoms with Gasteiger partial charge in [0.25, 0.3) is 0 Å². The van der Waals surface area contributed by atoms with E-state index in [2.05, 4.69) is 13.0 Å². The zero-order valence-electron chi connectivity index (χ0n) is 19.9. The third-order valence-electron chi connectivity index (χ3n) is 6.51. The Morgan fingerprint density at radius 3 is 2.14 bits per heavy atom. The van der Waals surface area contributed by atoms with Crippen molar-refractivity contribution >= 4 is 10.8 Å². The minimum Gasteiger partial charge on any atom is -0.206 e. The number of hydrogen-bond acceptors (Lipinski definition) is 1. The molecule has 0 aliphatic carbocycles. The summed E-state index contributed by atoms with van der Waals surface area (Å²) in [6.07, 6.45) is 6.01. The van der Waals surface area contributed by atoms with E-state index in [1.807, 2.05) is 12.1 Å². The number of aryl methyl sites for hydroxylation is 3. The lowest BCUT2D eigenvalue weighted by Crippen LogP contribution is -1.97. The molecule has 4 rings (SSSR count). The molecule has 1 nitrogen and oxygen atoms in total. The Kier molecular flexibility index (Phi) is 7.87. The molecule has 0 aliphatic heterocycles. The van der Waals surface area contributed by atoms with E-state index in [-0.39, 0.29) is 11.4 Å². The van der Waals surface area contributed by atoms with E-state index >= 15 is 4.39 Å². The van der Waals surface area contributed by atoms with Crippen LogP contribution < -0.4 is 0 Å². The lowest BCUT2D eigenvalue weighted by atomic mass is 9.95. The maximum absolute atomic E-state index is 15.2. The van der Waals surface area contributed by atoms with Crippen molar-refractivity contribution in [3.05, 3.63) is 106 Å². The fraction of sp³-hybridized carbons (Fsp3) is 0.258. The lowest BCUT2D eigenvalue weighted by Gasteiger charge is -2.11. The molecule has 0 unspecified atom stereocenters. The first kappa shape index (κ1) is 24.5. The molecule has 4 aromatic rings. The van der Waals surface area contributed by atoms with Gasteiger partial charge >= 0.3 is 0 Å². The van der Waals surface area contributed by atoms with E-state index in [1.54, 1.807) is 42.5 Å². The second-order valence-electron chi connectivity index (χ2n) is 9.03. The van der Waals surface area contributed by atoms with Gasteiger partial charge in [0, 0.05) is 5.39 Å². The molecule has 0 radical (unpaired) electrons. The van der Waals surface area contributed by atoms with E-state index < -0.39 is 11.6 Å². The first-order valence-electron chi connectivity index (χ1n) is 12.2. The molecular weight excluding hydrogens is 443 g/mol. The molecule has 178 valence electrons. The second kappa shape index (κ2) is 11.2. The lowest BCUT2D eigenvalue weighted by molar-refractivity contribution is 0.582. The van der Waals surface area contributed by atoms with Crippen LogP contribution in [0.5, 0.6) is 0 Å². The SMILES string of the molecule is CCCCCCc1cc(F)c(-c2ccc3c(F)c(CCc4ccc(C#N)cc4)ccc3c2)c(F)c1. The van der Waals surface area contributed by atoms with Gasteiger partial charge in [0.05, 0.1) is 17.2 Å². The van der Waals surface area contributed by atoms with Crippen LogP contribution in [0.25, 0.3) is 21.9 Å². The molecule has 0 saturated heterocycles. The molecule has 0 amide bonds. The fourth-order valence-corrected chi connectivity index (χ4v) is 4.51. The minimum absolute atomic E-state index is 0.0745. The van der Waals surface area contributed by atoms with E-state index in [0.29, 0.717) is 52.3 Å². The van der Waals surface area contributed by atoms with Gasteiger partial charge in [0.1, 0.15) is 17.5 Å². The van der Waals surface area contributed by atoms with Crippen molar-refractivity contribution in [3.63, 3.8) is 0 Å². The fourth-order valence-electron chi connectivity index (χ4n) is 4.51. The summed E-state index contributed by atoms with van der Waals surface area (Å²) in [7, 11) is 0. The highest BCUT2D eigenvalue weighted by Crippen LogP contribution is 2.32. The summed E-state index contributed by atoms with van der Waals surface area (Å²) in [5.41, 5.74) is 3.19. The summed E-state index contributed by atoms with van der Waals surface area (Å²) in [5, 5.41) is 9.95. The number of unbranched alkanes of at least 4 members (excludes halogenated alkanes) is 3. The summed E-state index contributed by atoms with van der Waals surface area (Å²) < 4.78 is 45.0. The van der Waals surface area contributed by atoms with Crippen LogP contribution in [-0.2, 0) is 19.3 Å². The molecule has 0 aliphatic rings. The Labute approximate surface area is 204 Å². The molecule has 0 saturated carbocycles. The van der Waals surface area contributed by atoms with E-state index in [1.165, 1.54) is 12.1 Å². The van der Waals surface area contributed by atoms with Crippen LogP contribution in [0.1, 0.15) is 54.9 Å². The van der Waals surface area contributed by atoms with Crippen LogP contribution in [0.3, 0.4) is 0 Å². The van der Waals surface area contributed by atoms with Crippen molar-refractivity contribution in [1.82, 2.24) is 0 Å². The zero-order chi connectivity index (χ0) is 24.8. The van der Waals surface area contributed by atoms with Crippen molar-refractivity contribution in [2.75, 3.05) is 0 Å². The molecule has 4 heteroatoms. The maximum Gasteiger partial charge on any atom is 0.134 e. The number of halogens is 3.